The third-order valence-corrected chi connectivity index (χ3v) is 2.31. The van der Waals surface area contributed by atoms with Gasteiger partial charge in [-0.05, 0) is 20.8 Å². The van der Waals surface area contributed by atoms with E-state index < -0.39 is 0 Å². The Hall–Kier alpha value is -1.10. The maximum absolute atomic E-state index is 10.7. The summed E-state index contributed by atoms with van der Waals surface area (Å²) >= 11 is 0. The highest BCUT2D eigenvalue weighted by Gasteiger charge is 2.29. The number of carbonyl (C=O) groups is 2. The summed E-state index contributed by atoms with van der Waals surface area (Å²) in [6, 6.07) is 0. The Labute approximate surface area is 84.3 Å². The SMILES string of the molecule is CC(C)(C)N1CN(C=O)CN(C=O)C1. The Morgan fingerprint density at radius 3 is 1.64 bits per heavy atom. The smallest absolute Gasteiger partial charge is 0.212 e. The van der Waals surface area contributed by atoms with E-state index in [9.17, 15) is 9.59 Å². The number of nitrogens with zero attached hydrogens (tertiary/aromatic N) is 3. The van der Waals surface area contributed by atoms with Gasteiger partial charge in [-0.1, -0.05) is 0 Å². The van der Waals surface area contributed by atoms with Crippen LogP contribution in [0.5, 0.6) is 0 Å². The summed E-state index contributed by atoms with van der Waals surface area (Å²) in [5.41, 5.74) is -0.0387. The molecule has 0 unspecified atom stereocenters. The van der Waals surface area contributed by atoms with Crippen molar-refractivity contribution in [3.05, 3.63) is 0 Å². The molecule has 0 spiro atoms. The molecule has 0 saturated carbocycles. The maximum atomic E-state index is 10.7. The predicted molar refractivity (Wildman–Crippen MR) is 52.0 cm³/mol. The molecule has 14 heavy (non-hydrogen) atoms. The Morgan fingerprint density at radius 1 is 0.929 bits per heavy atom. The largest absolute Gasteiger partial charge is 0.314 e. The molecule has 0 aromatic rings. The minimum Gasteiger partial charge on any atom is -0.314 e. The van der Waals surface area contributed by atoms with Crippen molar-refractivity contribution in [3.8, 4) is 0 Å². The zero-order chi connectivity index (χ0) is 10.8. The first-order chi connectivity index (χ1) is 6.47. The fourth-order valence-corrected chi connectivity index (χ4v) is 1.36. The first-order valence-corrected chi connectivity index (χ1v) is 4.61. The van der Waals surface area contributed by atoms with E-state index in [1.165, 1.54) is 0 Å². The lowest BCUT2D eigenvalue weighted by atomic mass is 10.1. The number of amides is 2. The van der Waals surface area contributed by atoms with Crippen molar-refractivity contribution in [1.29, 1.82) is 0 Å². The molecule has 2 amide bonds. The average molecular weight is 199 g/mol. The van der Waals surface area contributed by atoms with Gasteiger partial charge in [0.2, 0.25) is 12.8 Å². The standard InChI is InChI=1S/C9H17N3O2/c1-9(2,3)12-5-10(7-13)4-11(6-12)8-14/h7-8H,4-6H2,1-3H3. The minimum atomic E-state index is -0.0387. The fourth-order valence-electron chi connectivity index (χ4n) is 1.36. The fraction of sp³-hybridized carbons (Fsp3) is 0.778. The molecule has 1 heterocycles. The summed E-state index contributed by atoms with van der Waals surface area (Å²) in [4.78, 5) is 26.5. The van der Waals surface area contributed by atoms with Crippen LogP contribution >= 0.6 is 0 Å². The van der Waals surface area contributed by atoms with Crippen LogP contribution in [0.25, 0.3) is 0 Å². The highest BCUT2D eigenvalue weighted by atomic mass is 16.1. The van der Waals surface area contributed by atoms with Gasteiger partial charge in [0, 0.05) is 5.54 Å². The molecular formula is C9H17N3O2. The molecule has 0 atom stereocenters. The molecule has 1 saturated heterocycles. The topological polar surface area (TPSA) is 43.9 Å². The van der Waals surface area contributed by atoms with Crippen LogP contribution in [-0.2, 0) is 9.59 Å². The molecule has 0 bridgehead atoms. The van der Waals surface area contributed by atoms with Crippen LogP contribution in [0.3, 0.4) is 0 Å². The molecule has 0 aromatic heterocycles. The van der Waals surface area contributed by atoms with E-state index in [-0.39, 0.29) is 5.54 Å². The number of hydrogen-bond acceptors (Lipinski definition) is 3. The van der Waals surface area contributed by atoms with E-state index in [4.69, 9.17) is 0 Å². The van der Waals surface area contributed by atoms with Crippen molar-refractivity contribution in [3.63, 3.8) is 0 Å². The van der Waals surface area contributed by atoms with Gasteiger partial charge in [0.25, 0.3) is 0 Å². The summed E-state index contributed by atoms with van der Waals surface area (Å²) in [5, 5.41) is 0. The highest BCUT2D eigenvalue weighted by Crippen LogP contribution is 2.16. The lowest BCUT2D eigenvalue weighted by Gasteiger charge is -2.45. The van der Waals surface area contributed by atoms with Crippen molar-refractivity contribution in [2.45, 2.75) is 26.3 Å². The summed E-state index contributed by atoms with van der Waals surface area (Å²) in [6.45, 7) is 7.73. The third kappa shape index (κ3) is 2.45. The summed E-state index contributed by atoms with van der Waals surface area (Å²) in [7, 11) is 0. The van der Waals surface area contributed by atoms with Gasteiger partial charge in [0.15, 0.2) is 0 Å². The minimum absolute atomic E-state index is 0.0387. The zero-order valence-corrected chi connectivity index (χ0v) is 8.93. The van der Waals surface area contributed by atoms with Crippen LogP contribution < -0.4 is 0 Å². The van der Waals surface area contributed by atoms with E-state index in [0.29, 0.717) is 20.0 Å². The normalized spacial score (nSPS) is 19.6. The molecule has 1 fully saturated rings. The molecule has 1 aliphatic heterocycles. The van der Waals surface area contributed by atoms with Gasteiger partial charge in [0.1, 0.15) is 0 Å². The Balaban J connectivity index is 2.69. The van der Waals surface area contributed by atoms with Crippen LogP contribution in [0, 0.1) is 0 Å². The third-order valence-electron chi connectivity index (χ3n) is 2.31. The zero-order valence-electron chi connectivity index (χ0n) is 8.93. The first-order valence-electron chi connectivity index (χ1n) is 4.61. The molecule has 1 aliphatic rings. The molecule has 0 N–H and O–H groups in total. The van der Waals surface area contributed by atoms with Crippen LogP contribution in [0.15, 0.2) is 0 Å². The number of rotatable bonds is 2. The molecule has 80 valence electrons. The maximum Gasteiger partial charge on any atom is 0.212 e. The van der Waals surface area contributed by atoms with Gasteiger partial charge < -0.3 is 9.80 Å². The molecular weight excluding hydrogens is 182 g/mol. The van der Waals surface area contributed by atoms with E-state index >= 15 is 0 Å². The van der Waals surface area contributed by atoms with Gasteiger partial charge in [-0.15, -0.1) is 0 Å². The second-order valence-corrected chi connectivity index (χ2v) is 4.52. The molecule has 5 heteroatoms. The molecule has 1 rings (SSSR count). The molecule has 0 aliphatic carbocycles. The van der Waals surface area contributed by atoms with Crippen LogP contribution in [0.2, 0.25) is 0 Å². The molecule has 0 radical (unpaired) electrons. The van der Waals surface area contributed by atoms with Crippen LogP contribution in [0.1, 0.15) is 20.8 Å². The molecule has 5 nitrogen and oxygen atoms in total. The Kier molecular flexibility index (Phi) is 3.10. The van der Waals surface area contributed by atoms with Gasteiger partial charge in [-0.25, -0.2) is 0 Å². The first kappa shape index (κ1) is 11.0. The van der Waals surface area contributed by atoms with E-state index in [1.807, 2.05) is 0 Å². The van der Waals surface area contributed by atoms with E-state index in [2.05, 4.69) is 25.7 Å². The summed E-state index contributed by atoms with van der Waals surface area (Å²) in [6.07, 6.45) is 1.54. The number of carbonyl (C=O) groups excluding carboxylic acids is 2. The van der Waals surface area contributed by atoms with E-state index in [1.54, 1.807) is 9.80 Å². The van der Waals surface area contributed by atoms with Gasteiger partial charge >= 0.3 is 0 Å². The Morgan fingerprint density at radius 2 is 1.36 bits per heavy atom. The number of hydrogen-bond donors (Lipinski definition) is 0. The van der Waals surface area contributed by atoms with Crippen molar-refractivity contribution in [2.24, 2.45) is 0 Å². The van der Waals surface area contributed by atoms with Gasteiger partial charge in [-0.3, -0.25) is 14.5 Å². The molecule has 0 aromatic carbocycles. The van der Waals surface area contributed by atoms with Gasteiger partial charge in [-0.2, -0.15) is 0 Å². The van der Waals surface area contributed by atoms with E-state index in [0.717, 1.165) is 12.8 Å². The van der Waals surface area contributed by atoms with Crippen molar-refractivity contribution >= 4 is 12.8 Å². The summed E-state index contributed by atoms with van der Waals surface area (Å²) < 4.78 is 0. The lowest BCUT2D eigenvalue weighted by molar-refractivity contribution is -0.141. The lowest BCUT2D eigenvalue weighted by Crippen LogP contribution is -2.59. The van der Waals surface area contributed by atoms with Crippen LogP contribution in [-0.4, -0.2) is 53.1 Å². The second-order valence-electron chi connectivity index (χ2n) is 4.52. The van der Waals surface area contributed by atoms with Crippen molar-refractivity contribution in [2.75, 3.05) is 20.0 Å². The quantitative estimate of drug-likeness (QED) is 0.583. The highest BCUT2D eigenvalue weighted by molar-refractivity contribution is 5.51. The Bertz CT molecular complexity index is 209. The second kappa shape index (κ2) is 3.96. The summed E-state index contributed by atoms with van der Waals surface area (Å²) in [5.74, 6) is 0. The average Bonchev–Trinajstić information content (AvgIpc) is 2.15. The van der Waals surface area contributed by atoms with Gasteiger partial charge in [0.05, 0.1) is 20.0 Å². The van der Waals surface area contributed by atoms with Crippen molar-refractivity contribution in [1.82, 2.24) is 14.7 Å². The van der Waals surface area contributed by atoms with Crippen molar-refractivity contribution < 1.29 is 9.59 Å². The predicted octanol–water partition coefficient (Wildman–Crippen LogP) is -0.110. The monoisotopic (exact) mass is 199 g/mol. The van der Waals surface area contributed by atoms with Crippen LogP contribution in [0.4, 0.5) is 0 Å².